The molecule has 19 heavy (non-hydrogen) atoms. The number of aryl methyl sites for hydroxylation is 1. The zero-order chi connectivity index (χ0) is 13.8. The van der Waals surface area contributed by atoms with Crippen LogP contribution in [0.2, 0.25) is 0 Å². The summed E-state index contributed by atoms with van der Waals surface area (Å²) in [5.74, 6) is 0.645. The van der Waals surface area contributed by atoms with E-state index in [2.05, 4.69) is 10.1 Å². The molecule has 2 heterocycles. The number of hydrogen-bond acceptors (Lipinski definition) is 5. The van der Waals surface area contributed by atoms with Crippen LogP contribution in [-0.2, 0) is 20.1 Å². The van der Waals surface area contributed by atoms with Crippen LogP contribution in [0.4, 0.5) is 0 Å². The molecule has 0 atom stereocenters. The largest absolute Gasteiger partial charge is 0.331 e. The molecule has 0 fully saturated rings. The highest BCUT2D eigenvalue weighted by Crippen LogP contribution is 1.93. The van der Waals surface area contributed by atoms with Crippen LogP contribution in [0.1, 0.15) is 12.2 Å². The molecule has 0 bridgehead atoms. The fourth-order valence-electron chi connectivity index (χ4n) is 1.75. The summed E-state index contributed by atoms with van der Waals surface area (Å²) < 4.78 is 4.20. The van der Waals surface area contributed by atoms with Crippen LogP contribution < -0.4 is 17.0 Å². The molecule has 0 saturated carbocycles. The summed E-state index contributed by atoms with van der Waals surface area (Å²) in [6.07, 6.45) is 3.48. The Bertz CT molecular complexity index is 668. The van der Waals surface area contributed by atoms with E-state index in [0.717, 1.165) is 0 Å². The lowest BCUT2D eigenvalue weighted by atomic mass is 10.4. The first-order valence-corrected chi connectivity index (χ1v) is 5.96. The first kappa shape index (κ1) is 13.2. The Balaban J connectivity index is 2.35. The third kappa shape index (κ3) is 2.79. The van der Waals surface area contributed by atoms with E-state index in [1.807, 2.05) is 0 Å². The molecule has 0 unspecified atom stereocenters. The molecule has 2 aromatic rings. The lowest BCUT2D eigenvalue weighted by Crippen LogP contribution is -2.39. The normalized spacial score (nSPS) is 10.8. The molecule has 0 saturated heterocycles. The second-order valence-corrected chi connectivity index (χ2v) is 4.16. The summed E-state index contributed by atoms with van der Waals surface area (Å²) in [5, 5.41) is 3.94. The van der Waals surface area contributed by atoms with Gasteiger partial charge in [0.05, 0.1) is 6.54 Å². The van der Waals surface area contributed by atoms with Gasteiger partial charge in [0.2, 0.25) is 0 Å². The summed E-state index contributed by atoms with van der Waals surface area (Å²) in [5.41, 5.74) is 4.73. The van der Waals surface area contributed by atoms with Gasteiger partial charge in [-0.3, -0.25) is 18.6 Å². The van der Waals surface area contributed by atoms with Crippen LogP contribution in [0.3, 0.4) is 0 Å². The van der Waals surface area contributed by atoms with Crippen LogP contribution in [0.25, 0.3) is 0 Å². The van der Waals surface area contributed by atoms with E-state index >= 15 is 0 Å². The molecular formula is C11H16N6O2. The molecule has 0 aliphatic carbocycles. The minimum Gasteiger partial charge on any atom is -0.330 e. The van der Waals surface area contributed by atoms with Gasteiger partial charge in [-0.05, 0) is 13.0 Å². The van der Waals surface area contributed by atoms with E-state index < -0.39 is 0 Å². The molecule has 2 rings (SSSR count). The average Bonchev–Trinajstić information content (AvgIpc) is 2.78. The number of nitrogens with two attached hydrogens (primary N) is 1. The fourth-order valence-corrected chi connectivity index (χ4v) is 1.75. The van der Waals surface area contributed by atoms with Gasteiger partial charge in [0, 0.05) is 25.9 Å². The van der Waals surface area contributed by atoms with Crippen molar-refractivity contribution in [1.82, 2.24) is 23.9 Å². The Morgan fingerprint density at radius 1 is 1.37 bits per heavy atom. The molecular weight excluding hydrogens is 248 g/mol. The van der Waals surface area contributed by atoms with Gasteiger partial charge in [-0.1, -0.05) is 0 Å². The van der Waals surface area contributed by atoms with Crippen molar-refractivity contribution in [1.29, 1.82) is 0 Å². The topological polar surface area (TPSA) is 101 Å². The summed E-state index contributed by atoms with van der Waals surface area (Å²) in [6.45, 7) is 1.04. The maximum Gasteiger partial charge on any atom is 0.331 e. The quantitative estimate of drug-likeness (QED) is 0.711. The highest BCUT2D eigenvalue weighted by Gasteiger charge is 2.07. The zero-order valence-electron chi connectivity index (χ0n) is 10.7. The Morgan fingerprint density at radius 3 is 2.79 bits per heavy atom. The van der Waals surface area contributed by atoms with Crippen molar-refractivity contribution in [2.75, 3.05) is 6.54 Å². The van der Waals surface area contributed by atoms with Gasteiger partial charge >= 0.3 is 5.69 Å². The van der Waals surface area contributed by atoms with Crippen LogP contribution in [-0.4, -0.2) is 30.4 Å². The van der Waals surface area contributed by atoms with Gasteiger partial charge in [0.15, 0.2) is 0 Å². The molecule has 8 heteroatoms. The highest BCUT2D eigenvalue weighted by atomic mass is 16.2. The zero-order valence-corrected chi connectivity index (χ0v) is 10.7. The standard InChI is InChI=1S/C11H16N6O2/c1-15-9(13-8-14-15)7-16-6-3-10(18)17(11(16)19)5-2-4-12/h3,6,8H,2,4-5,7,12H2,1H3. The molecule has 8 nitrogen and oxygen atoms in total. The van der Waals surface area contributed by atoms with Gasteiger partial charge in [0.1, 0.15) is 12.2 Å². The smallest absolute Gasteiger partial charge is 0.330 e. The minimum absolute atomic E-state index is 0.276. The second kappa shape index (κ2) is 5.61. The summed E-state index contributed by atoms with van der Waals surface area (Å²) >= 11 is 0. The number of aromatic nitrogens is 5. The SMILES string of the molecule is Cn1ncnc1Cn1ccc(=O)n(CCCN)c1=O. The van der Waals surface area contributed by atoms with E-state index in [1.165, 1.54) is 27.7 Å². The molecule has 2 N–H and O–H groups in total. The maximum atomic E-state index is 12.2. The van der Waals surface area contributed by atoms with Gasteiger partial charge in [0.25, 0.3) is 5.56 Å². The molecule has 0 amide bonds. The van der Waals surface area contributed by atoms with E-state index in [9.17, 15) is 9.59 Å². The molecule has 0 radical (unpaired) electrons. The van der Waals surface area contributed by atoms with E-state index in [-0.39, 0.29) is 17.8 Å². The van der Waals surface area contributed by atoms with Crippen LogP contribution in [0, 0.1) is 0 Å². The second-order valence-electron chi connectivity index (χ2n) is 4.16. The Morgan fingerprint density at radius 2 is 2.16 bits per heavy atom. The van der Waals surface area contributed by atoms with Crippen molar-refractivity contribution >= 4 is 0 Å². The maximum absolute atomic E-state index is 12.2. The van der Waals surface area contributed by atoms with Gasteiger partial charge in [-0.2, -0.15) is 5.10 Å². The third-order valence-corrected chi connectivity index (χ3v) is 2.84. The lowest BCUT2D eigenvalue weighted by molar-refractivity contribution is 0.540. The third-order valence-electron chi connectivity index (χ3n) is 2.84. The van der Waals surface area contributed by atoms with Gasteiger partial charge in [-0.25, -0.2) is 9.78 Å². The van der Waals surface area contributed by atoms with Crippen molar-refractivity contribution in [2.45, 2.75) is 19.5 Å². The molecule has 0 aliphatic heterocycles. The summed E-state index contributed by atoms with van der Waals surface area (Å²) in [6, 6.07) is 1.37. The van der Waals surface area contributed by atoms with Crippen molar-refractivity contribution in [2.24, 2.45) is 12.8 Å². The van der Waals surface area contributed by atoms with E-state index in [1.54, 1.807) is 11.7 Å². The molecule has 0 aliphatic rings. The average molecular weight is 264 g/mol. The molecule has 102 valence electrons. The Kier molecular flexibility index (Phi) is 3.91. The Hall–Kier alpha value is -2.22. The fraction of sp³-hybridized carbons (Fsp3) is 0.455. The molecule has 2 aromatic heterocycles. The highest BCUT2D eigenvalue weighted by molar-refractivity contribution is 4.91. The van der Waals surface area contributed by atoms with Crippen LogP contribution in [0.15, 0.2) is 28.2 Å². The number of nitrogens with zero attached hydrogens (tertiary/aromatic N) is 5. The first-order chi connectivity index (χ1) is 9.13. The molecule has 0 spiro atoms. The van der Waals surface area contributed by atoms with Crippen molar-refractivity contribution < 1.29 is 0 Å². The number of rotatable bonds is 5. The Labute approximate surface area is 109 Å². The van der Waals surface area contributed by atoms with Crippen LogP contribution >= 0.6 is 0 Å². The van der Waals surface area contributed by atoms with Crippen molar-refractivity contribution in [3.05, 3.63) is 45.3 Å². The minimum atomic E-state index is -0.357. The first-order valence-electron chi connectivity index (χ1n) is 5.96. The summed E-state index contributed by atoms with van der Waals surface area (Å²) in [4.78, 5) is 27.9. The van der Waals surface area contributed by atoms with E-state index in [0.29, 0.717) is 25.3 Å². The van der Waals surface area contributed by atoms with E-state index in [4.69, 9.17) is 5.73 Å². The van der Waals surface area contributed by atoms with Gasteiger partial charge < -0.3 is 5.73 Å². The molecule has 0 aromatic carbocycles. The number of hydrogen-bond donors (Lipinski definition) is 1. The van der Waals surface area contributed by atoms with Crippen molar-refractivity contribution in [3.8, 4) is 0 Å². The lowest BCUT2D eigenvalue weighted by Gasteiger charge is -2.08. The monoisotopic (exact) mass is 264 g/mol. The van der Waals surface area contributed by atoms with Gasteiger partial charge in [-0.15, -0.1) is 0 Å². The predicted molar refractivity (Wildman–Crippen MR) is 68.7 cm³/mol. The van der Waals surface area contributed by atoms with Crippen molar-refractivity contribution in [3.63, 3.8) is 0 Å². The van der Waals surface area contributed by atoms with Crippen LogP contribution in [0.5, 0.6) is 0 Å². The predicted octanol–water partition coefficient (Wildman–Crippen LogP) is -1.46. The summed E-state index contributed by atoms with van der Waals surface area (Å²) in [7, 11) is 1.75.